The summed E-state index contributed by atoms with van der Waals surface area (Å²) in [4.78, 5) is 11.8. The lowest BCUT2D eigenvalue weighted by Gasteiger charge is -2.17. The fourth-order valence-electron chi connectivity index (χ4n) is 2.66. The molecule has 1 fully saturated rings. The molecule has 2 aromatic rings. The number of nitrogens with one attached hydrogen (secondary N) is 1. The molecule has 1 N–H and O–H groups in total. The van der Waals surface area contributed by atoms with Crippen molar-refractivity contribution in [2.75, 3.05) is 6.54 Å². The van der Waals surface area contributed by atoms with Crippen molar-refractivity contribution in [2.45, 2.75) is 26.5 Å². The van der Waals surface area contributed by atoms with Crippen molar-refractivity contribution >= 4 is 5.91 Å². The van der Waals surface area contributed by atoms with Crippen molar-refractivity contribution in [1.82, 2.24) is 10.4 Å². The summed E-state index contributed by atoms with van der Waals surface area (Å²) in [5, 5.41) is 1.69. The molecule has 1 aliphatic heterocycles. The Bertz CT molecular complexity index is 703. The van der Waals surface area contributed by atoms with Gasteiger partial charge in [-0.1, -0.05) is 31.2 Å². The third kappa shape index (κ3) is 4.11. The predicted molar refractivity (Wildman–Crippen MR) is 89.5 cm³/mol. The van der Waals surface area contributed by atoms with Crippen LogP contribution in [0.15, 0.2) is 48.5 Å². The van der Waals surface area contributed by atoms with Crippen LogP contribution in [0.4, 0.5) is 4.39 Å². The number of nitrogens with zero attached hydrogens (tertiary/aromatic N) is 1. The molecule has 1 saturated heterocycles. The quantitative estimate of drug-likeness (QED) is 0.885. The SMILES string of the molecule is CC1CCN(NCc2ccc(OCc3cccc(F)c3)cc2)C1=O. The van der Waals surface area contributed by atoms with E-state index in [-0.39, 0.29) is 17.6 Å². The van der Waals surface area contributed by atoms with Crippen molar-refractivity contribution < 1.29 is 13.9 Å². The zero-order valence-corrected chi connectivity index (χ0v) is 13.7. The summed E-state index contributed by atoms with van der Waals surface area (Å²) in [7, 11) is 0. The van der Waals surface area contributed by atoms with Gasteiger partial charge >= 0.3 is 0 Å². The zero-order valence-electron chi connectivity index (χ0n) is 13.7. The lowest BCUT2D eigenvalue weighted by molar-refractivity contribution is -0.133. The number of rotatable bonds is 6. The molecule has 1 amide bonds. The van der Waals surface area contributed by atoms with Crippen LogP contribution >= 0.6 is 0 Å². The van der Waals surface area contributed by atoms with E-state index in [1.165, 1.54) is 12.1 Å². The van der Waals surface area contributed by atoms with E-state index in [4.69, 9.17) is 4.74 Å². The topological polar surface area (TPSA) is 41.6 Å². The third-order valence-corrected chi connectivity index (χ3v) is 4.17. The van der Waals surface area contributed by atoms with Crippen LogP contribution < -0.4 is 10.2 Å². The zero-order chi connectivity index (χ0) is 16.9. The van der Waals surface area contributed by atoms with Crippen LogP contribution in [0.1, 0.15) is 24.5 Å². The van der Waals surface area contributed by atoms with Gasteiger partial charge in [0, 0.05) is 19.0 Å². The number of carbonyl (C=O) groups is 1. The minimum atomic E-state index is -0.261. The third-order valence-electron chi connectivity index (χ3n) is 4.17. The minimum Gasteiger partial charge on any atom is -0.489 e. The van der Waals surface area contributed by atoms with Crippen LogP contribution in [-0.4, -0.2) is 17.5 Å². The second kappa shape index (κ2) is 7.45. The van der Waals surface area contributed by atoms with Crippen molar-refractivity contribution in [3.63, 3.8) is 0 Å². The summed E-state index contributed by atoms with van der Waals surface area (Å²) < 4.78 is 18.8. The number of hydrogen-bond acceptors (Lipinski definition) is 3. The molecule has 0 aromatic heterocycles. The van der Waals surface area contributed by atoms with Gasteiger partial charge in [-0.2, -0.15) is 0 Å². The average Bonchev–Trinajstić information content (AvgIpc) is 2.91. The minimum absolute atomic E-state index is 0.107. The molecular formula is C19H21FN2O2. The second-order valence-electron chi connectivity index (χ2n) is 6.08. The van der Waals surface area contributed by atoms with E-state index < -0.39 is 0 Å². The first kappa shape index (κ1) is 16.5. The fraction of sp³-hybridized carbons (Fsp3) is 0.316. The van der Waals surface area contributed by atoms with Crippen molar-refractivity contribution in [1.29, 1.82) is 0 Å². The predicted octanol–water partition coefficient (Wildman–Crippen LogP) is 3.28. The molecule has 126 valence electrons. The molecule has 1 atom stereocenters. The largest absolute Gasteiger partial charge is 0.489 e. The first-order valence-corrected chi connectivity index (χ1v) is 8.13. The molecule has 3 rings (SSSR count). The van der Waals surface area contributed by atoms with E-state index in [0.29, 0.717) is 13.2 Å². The molecule has 1 unspecified atom stereocenters. The molecule has 5 heteroatoms. The highest BCUT2D eigenvalue weighted by Gasteiger charge is 2.27. The Kier molecular flexibility index (Phi) is 5.11. The molecule has 4 nitrogen and oxygen atoms in total. The van der Waals surface area contributed by atoms with Crippen LogP contribution in [0.25, 0.3) is 0 Å². The van der Waals surface area contributed by atoms with Gasteiger partial charge in [-0.05, 0) is 41.8 Å². The molecule has 2 aromatic carbocycles. The summed E-state index contributed by atoms with van der Waals surface area (Å²) in [6.45, 7) is 3.64. The fourth-order valence-corrected chi connectivity index (χ4v) is 2.66. The van der Waals surface area contributed by atoms with E-state index in [9.17, 15) is 9.18 Å². The van der Waals surface area contributed by atoms with Gasteiger partial charge in [0.05, 0.1) is 0 Å². The summed E-state index contributed by atoms with van der Waals surface area (Å²) in [6, 6.07) is 14.0. The molecule has 0 radical (unpaired) electrons. The highest BCUT2D eigenvalue weighted by Crippen LogP contribution is 2.17. The Balaban J connectivity index is 1.49. The van der Waals surface area contributed by atoms with E-state index in [2.05, 4.69) is 5.43 Å². The monoisotopic (exact) mass is 328 g/mol. The lowest BCUT2D eigenvalue weighted by atomic mass is 10.1. The Hall–Kier alpha value is -2.40. The first-order chi connectivity index (χ1) is 11.6. The van der Waals surface area contributed by atoms with Gasteiger partial charge in [0.2, 0.25) is 5.91 Å². The number of carbonyl (C=O) groups excluding carboxylic acids is 1. The van der Waals surface area contributed by atoms with Gasteiger partial charge in [-0.15, -0.1) is 0 Å². The second-order valence-corrected chi connectivity index (χ2v) is 6.08. The average molecular weight is 328 g/mol. The van der Waals surface area contributed by atoms with E-state index >= 15 is 0 Å². The molecule has 1 heterocycles. The number of hydrazine groups is 1. The van der Waals surface area contributed by atoms with Crippen molar-refractivity contribution in [3.8, 4) is 5.75 Å². The maximum Gasteiger partial charge on any atom is 0.239 e. The Labute approximate surface area is 141 Å². The first-order valence-electron chi connectivity index (χ1n) is 8.13. The highest BCUT2D eigenvalue weighted by molar-refractivity contribution is 5.79. The Morgan fingerprint density at radius 1 is 1.21 bits per heavy atom. The van der Waals surface area contributed by atoms with Gasteiger partial charge in [-0.3, -0.25) is 9.80 Å². The molecule has 0 spiro atoms. The van der Waals surface area contributed by atoms with Gasteiger partial charge in [0.1, 0.15) is 18.2 Å². The Morgan fingerprint density at radius 3 is 2.67 bits per heavy atom. The summed E-state index contributed by atoms with van der Waals surface area (Å²) in [5.41, 5.74) is 5.03. The highest BCUT2D eigenvalue weighted by atomic mass is 19.1. The van der Waals surface area contributed by atoms with Gasteiger partial charge < -0.3 is 4.74 Å². The number of halogens is 1. The molecule has 0 bridgehead atoms. The van der Waals surface area contributed by atoms with Crippen LogP contribution in [0.5, 0.6) is 5.75 Å². The lowest BCUT2D eigenvalue weighted by Crippen LogP contribution is -2.39. The van der Waals surface area contributed by atoms with E-state index in [1.54, 1.807) is 11.1 Å². The van der Waals surface area contributed by atoms with Gasteiger partial charge in [0.25, 0.3) is 0 Å². The summed E-state index contributed by atoms with van der Waals surface area (Å²) in [6.07, 6.45) is 0.901. The van der Waals surface area contributed by atoms with Crippen LogP contribution in [0.2, 0.25) is 0 Å². The molecular weight excluding hydrogens is 307 g/mol. The number of ether oxygens (including phenoxy) is 1. The molecule has 0 aliphatic carbocycles. The number of amides is 1. The normalized spacial score (nSPS) is 17.3. The standard InChI is InChI=1S/C19H21FN2O2/c1-14-9-10-22(19(14)23)21-12-15-5-7-18(8-6-15)24-13-16-3-2-4-17(20)11-16/h2-8,11,14,21H,9-10,12-13H2,1H3. The molecule has 24 heavy (non-hydrogen) atoms. The summed E-state index contributed by atoms with van der Waals surface area (Å²) in [5.74, 6) is 0.735. The smallest absolute Gasteiger partial charge is 0.239 e. The number of hydrogen-bond donors (Lipinski definition) is 1. The van der Waals surface area contributed by atoms with Gasteiger partial charge in [-0.25, -0.2) is 9.82 Å². The van der Waals surface area contributed by atoms with Crippen molar-refractivity contribution in [2.24, 2.45) is 5.92 Å². The maximum absolute atomic E-state index is 13.1. The molecule has 1 aliphatic rings. The van der Waals surface area contributed by atoms with E-state index in [0.717, 1.165) is 29.8 Å². The van der Waals surface area contributed by atoms with Crippen LogP contribution in [0, 0.1) is 11.7 Å². The van der Waals surface area contributed by atoms with Crippen LogP contribution in [-0.2, 0) is 17.9 Å². The van der Waals surface area contributed by atoms with E-state index in [1.807, 2.05) is 37.3 Å². The van der Waals surface area contributed by atoms with Crippen molar-refractivity contribution in [3.05, 3.63) is 65.5 Å². The van der Waals surface area contributed by atoms with Gasteiger partial charge in [0.15, 0.2) is 0 Å². The molecule has 0 saturated carbocycles. The Morgan fingerprint density at radius 2 is 2.00 bits per heavy atom. The number of benzene rings is 2. The van der Waals surface area contributed by atoms with Crippen LogP contribution in [0.3, 0.4) is 0 Å². The maximum atomic E-state index is 13.1. The summed E-state index contributed by atoms with van der Waals surface area (Å²) >= 11 is 0.